The van der Waals surface area contributed by atoms with Crippen molar-refractivity contribution in [3.63, 3.8) is 0 Å². The van der Waals surface area contributed by atoms with Crippen LogP contribution >= 0.6 is 0 Å². The monoisotopic (exact) mass is 253 g/mol. The summed E-state index contributed by atoms with van der Waals surface area (Å²) in [6.45, 7) is 4.01. The maximum absolute atomic E-state index is 9.33. The van der Waals surface area contributed by atoms with Crippen LogP contribution in [0, 0.1) is 11.3 Å². The van der Waals surface area contributed by atoms with Gasteiger partial charge in [0.15, 0.2) is 0 Å². The second-order valence-corrected chi connectivity index (χ2v) is 4.04. The van der Waals surface area contributed by atoms with Crippen LogP contribution < -0.4 is 4.74 Å². The zero-order chi connectivity index (χ0) is 13.7. The third-order valence-corrected chi connectivity index (χ3v) is 2.88. The van der Waals surface area contributed by atoms with Crippen LogP contribution in [0.25, 0.3) is 0 Å². The van der Waals surface area contributed by atoms with E-state index in [0.717, 1.165) is 24.1 Å². The number of rotatable bonds is 4. The first-order valence-corrected chi connectivity index (χ1v) is 6.31. The molecule has 0 aliphatic carbocycles. The van der Waals surface area contributed by atoms with E-state index in [1.807, 2.05) is 44.2 Å². The molecule has 0 saturated carbocycles. The van der Waals surface area contributed by atoms with E-state index < -0.39 is 0 Å². The number of aryl methyl sites for hydroxylation is 1. The van der Waals surface area contributed by atoms with Crippen molar-refractivity contribution >= 4 is 0 Å². The summed E-state index contributed by atoms with van der Waals surface area (Å²) in [5, 5.41) is 17.5. The highest BCUT2D eigenvalue weighted by Gasteiger charge is 2.15. The van der Waals surface area contributed by atoms with E-state index in [1.54, 1.807) is 0 Å². The Kier molecular flexibility index (Phi) is 4.09. The van der Waals surface area contributed by atoms with Crippen molar-refractivity contribution in [2.24, 2.45) is 0 Å². The molecule has 1 heterocycles. The van der Waals surface area contributed by atoms with Crippen LogP contribution in [0.1, 0.15) is 30.7 Å². The van der Waals surface area contributed by atoms with Crippen LogP contribution in [0.3, 0.4) is 0 Å². The number of nitriles is 1. The minimum atomic E-state index is 0.280. The molecule has 0 unspecified atom stereocenters. The van der Waals surface area contributed by atoms with Gasteiger partial charge in [0.1, 0.15) is 17.4 Å². The summed E-state index contributed by atoms with van der Waals surface area (Å²) in [4.78, 5) is 0. The van der Waals surface area contributed by atoms with Crippen LogP contribution in [0.4, 0.5) is 0 Å². The number of benzene rings is 1. The molecule has 0 atom stereocenters. The van der Waals surface area contributed by atoms with Crippen LogP contribution in [-0.2, 0) is 12.8 Å². The van der Waals surface area contributed by atoms with Crippen molar-refractivity contribution in [3.05, 3.63) is 47.2 Å². The van der Waals surface area contributed by atoms with Crippen LogP contribution in [0.15, 0.2) is 30.3 Å². The van der Waals surface area contributed by atoms with Gasteiger partial charge in [-0.15, -0.1) is 5.10 Å². The van der Waals surface area contributed by atoms with E-state index in [9.17, 15) is 5.26 Å². The minimum absolute atomic E-state index is 0.280. The summed E-state index contributed by atoms with van der Waals surface area (Å²) in [7, 11) is 0. The van der Waals surface area contributed by atoms with Gasteiger partial charge in [0.25, 0.3) is 5.88 Å². The summed E-state index contributed by atoms with van der Waals surface area (Å²) in [6, 6.07) is 11.5. The second-order valence-electron chi connectivity index (χ2n) is 4.04. The van der Waals surface area contributed by atoms with Gasteiger partial charge in [-0.3, -0.25) is 0 Å². The molecule has 4 nitrogen and oxygen atoms in total. The lowest BCUT2D eigenvalue weighted by atomic mass is 10.0. The second kappa shape index (κ2) is 5.96. The quantitative estimate of drug-likeness (QED) is 0.839. The summed E-state index contributed by atoms with van der Waals surface area (Å²) in [6.07, 6.45) is 1.50. The van der Waals surface area contributed by atoms with Gasteiger partial charge in [0.05, 0.1) is 5.69 Å². The molecule has 0 bridgehead atoms. The Morgan fingerprint density at radius 1 is 1.11 bits per heavy atom. The largest absolute Gasteiger partial charge is 0.437 e. The van der Waals surface area contributed by atoms with Gasteiger partial charge < -0.3 is 4.74 Å². The van der Waals surface area contributed by atoms with E-state index >= 15 is 0 Å². The van der Waals surface area contributed by atoms with Crippen molar-refractivity contribution in [3.8, 4) is 17.7 Å². The fraction of sp³-hybridized carbons (Fsp3) is 0.267. The van der Waals surface area contributed by atoms with Crippen LogP contribution in [-0.4, -0.2) is 10.2 Å². The molecule has 2 aromatic rings. The first-order chi connectivity index (χ1) is 9.30. The molecule has 1 aromatic carbocycles. The van der Waals surface area contributed by atoms with Gasteiger partial charge in [0.2, 0.25) is 0 Å². The fourth-order valence-corrected chi connectivity index (χ4v) is 1.94. The number of aromatic nitrogens is 2. The molecule has 0 spiro atoms. The Morgan fingerprint density at radius 2 is 1.84 bits per heavy atom. The lowest BCUT2D eigenvalue weighted by Crippen LogP contribution is -2.05. The number of hydrogen-bond acceptors (Lipinski definition) is 4. The molecule has 0 aliphatic rings. The number of hydrogen-bond donors (Lipinski definition) is 0. The predicted octanol–water partition coefficient (Wildman–Crippen LogP) is 3.27. The lowest BCUT2D eigenvalue weighted by Gasteiger charge is -2.10. The van der Waals surface area contributed by atoms with Crippen molar-refractivity contribution in [1.82, 2.24) is 10.2 Å². The Labute approximate surface area is 112 Å². The molecular formula is C15H15N3O. The third-order valence-electron chi connectivity index (χ3n) is 2.88. The van der Waals surface area contributed by atoms with Crippen molar-refractivity contribution in [2.75, 3.05) is 0 Å². The highest BCUT2D eigenvalue weighted by atomic mass is 16.5. The summed E-state index contributed by atoms with van der Waals surface area (Å²) in [5.41, 5.74) is 2.27. The molecule has 1 aromatic heterocycles. The topological polar surface area (TPSA) is 58.8 Å². The zero-order valence-corrected chi connectivity index (χ0v) is 11.1. The van der Waals surface area contributed by atoms with Gasteiger partial charge in [-0.1, -0.05) is 32.0 Å². The molecule has 2 rings (SSSR count). The van der Waals surface area contributed by atoms with E-state index in [1.165, 1.54) is 0 Å². The molecule has 4 heteroatoms. The van der Waals surface area contributed by atoms with E-state index in [4.69, 9.17) is 4.74 Å². The van der Waals surface area contributed by atoms with Crippen LogP contribution in [0.2, 0.25) is 0 Å². The Balaban J connectivity index is 2.44. The van der Waals surface area contributed by atoms with Crippen molar-refractivity contribution < 1.29 is 4.74 Å². The molecule has 19 heavy (non-hydrogen) atoms. The SMILES string of the molecule is CCc1nnc(Oc2ccccc2)c(C#N)c1CC. The number of nitrogens with zero attached hydrogens (tertiary/aromatic N) is 3. The maximum atomic E-state index is 9.33. The first kappa shape index (κ1) is 13.0. The van der Waals surface area contributed by atoms with Gasteiger partial charge in [-0.25, -0.2) is 0 Å². The molecular weight excluding hydrogens is 238 g/mol. The minimum Gasteiger partial charge on any atom is -0.437 e. The van der Waals surface area contributed by atoms with E-state index in [-0.39, 0.29) is 5.88 Å². The summed E-state index contributed by atoms with van der Waals surface area (Å²) in [5.74, 6) is 0.933. The average molecular weight is 253 g/mol. The third kappa shape index (κ3) is 2.71. The average Bonchev–Trinajstić information content (AvgIpc) is 2.47. The van der Waals surface area contributed by atoms with Gasteiger partial charge >= 0.3 is 0 Å². The maximum Gasteiger partial charge on any atom is 0.257 e. The smallest absolute Gasteiger partial charge is 0.257 e. The molecule has 0 aliphatic heterocycles. The van der Waals surface area contributed by atoms with Gasteiger partial charge in [0, 0.05) is 0 Å². The van der Waals surface area contributed by atoms with Crippen molar-refractivity contribution in [2.45, 2.75) is 26.7 Å². The van der Waals surface area contributed by atoms with E-state index in [0.29, 0.717) is 11.3 Å². The molecule has 0 fully saturated rings. The highest BCUT2D eigenvalue weighted by molar-refractivity contribution is 5.47. The molecule has 0 radical (unpaired) electrons. The Hall–Kier alpha value is -2.41. The van der Waals surface area contributed by atoms with Gasteiger partial charge in [-0.2, -0.15) is 10.4 Å². The standard InChI is InChI=1S/C15H15N3O/c1-3-12-13(10-16)15(18-17-14(12)4-2)19-11-8-6-5-7-9-11/h5-9H,3-4H2,1-2H3. The van der Waals surface area contributed by atoms with Crippen molar-refractivity contribution in [1.29, 1.82) is 5.26 Å². The Morgan fingerprint density at radius 3 is 2.42 bits per heavy atom. The molecule has 96 valence electrons. The summed E-state index contributed by atoms with van der Waals surface area (Å²) >= 11 is 0. The molecule has 0 N–H and O–H groups in total. The van der Waals surface area contributed by atoms with E-state index in [2.05, 4.69) is 16.3 Å². The zero-order valence-electron chi connectivity index (χ0n) is 11.1. The predicted molar refractivity (Wildman–Crippen MR) is 72.0 cm³/mol. The fourth-order valence-electron chi connectivity index (χ4n) is 1.94. The number of para-hydroxylation sites is 1. The molecule has 0 amide bonds. The normalized spacial score (nSPS) is 9.95. The highest BCUT2D eigenvalue weighted by Crippen LogP contribution is 2.26. The Bertz CT molecular complexity index is 603. The summed E-state index contributed by atoms with van der Waals surface area (Å²) < 4.78 is 5.65. The molecule has 0 saturated heterocycles. The van der Waals surface area contributed by atoms with Crippen LogP contribution in [0.5, 0.6) is 11.6 Å². The lowest BCUT2D eigenvalue weighted by molar-refractivity contribution is 0.451. The first-order valence-electron chi connectivity index (χ1n) is 6.31. The van der Waals surface area contributed by atoms with Gasteiger partial charge in [-0.05, 0) is 30.5 Å². The number of ether oxygens (including phenoxy) is 1.